The van der Waals surface area contributed by atoms with E-state index < -0.39 is 29.9 Å². The van der Waals surface area contributed by atoms with Gasteiger partial charge in [0.2, 0.25) is 0 Å². The van der Waals surface area contributed by atoms with Crippen LogP contribution in [0, 0.1) is 88.1 Å². The number of rotatable bonds is 3. The first kappa shape index (κ1) is 21.1. The second-order valence-corrected chi connectivity index (χ2v) is 3.97. The molecule has 10 heteroatoms. The first-order chi connectivity index (χ1) is 8.54. The number of aromatic nitrogens is 2. The Morgan fingerprint density at radius 2 is 2.20 bits per heavy atom. The molecule has 1 unspecified atom stereocenters. The zero-order valence-corrected chi connectivity index (χ0v) is 20.0. The van der Waals surface area contributed by atoms with Crippen LogP contribution in [0.25, 0.3) is 0 Å². The standard InChI is InChI=1S/C10H13N3O5.2Ac/c11-9(16)8-10(17)13(2-1-12-8)7-3-5(15)6(4-14)18-7;;/h1-2,5-7,14-15H,3-4H2,(H2,11,16);;/t5-,6-,7?;;/m1../s1. The number of nitrogens with zero attached hydrogens (tertiary/aromatic N) is 2. The Hall–Kier alpha value is 1.11. The molecule has 2 rings (SSSR count). The second-order valence-electron chi connectivity index (χ2n) is 3.97. The number of hydrogen-bond donors (Lipinski definition) is 3. The van der Waals surface area contributed by atoms with E-state index in [0.717, 1.165) is 4.57 Å². The molecule has 104 valence electrons. The average molecular weight is 709 g/mol. The van der Waals surface area contributed by atoms with Crippen LogP contribution in [0.5, 0.6) is 0 Å². The van der Waals surface area contributed by atoms with E-state index >= 15 is 0 Å². The van der Waals surface area contributed by atoms with Gasteiger partial charge in [0.25, 0.3) is 11.5 Å². The number of carbonyl (C=O) groups is 1. The zero-order valence-electron chi connectivity index (χ0n) is 10.5. The van der Waals surface area contributed by atoms with Crippen molar-refractivity contribution in [2.24, 2.45) is 5.73 Å². The van der Waals surface area contributed by atoms with E-state index in [4.69, 9.17) is 15.6 Å². The number of aliphatic hydroxyl groups is 2. The summed E-state index contributed by atoms with van der Waals surface area (Å²) in [7, 11) is 0. The van der Waals surface area contributed by atoms with Crippen molar-refractivity contribution in [2.75, 3.05) is 6.61 Å². The Kier molecular flexibility index (Phi) is 9.81. The van der Waals surface area contributed by atoms with Gasteiger partial charge in [-0.3, -0.25) is 14.2 Å². The van der Waals surface area contributed by atoms with Crippen LogP contribution in [0.4, 0.5) is 0 Å². The molecule has 1 aliphatic rings. The zero-order chi connectivity index (χ0) is 13.3. The largest absolute Gasteiger partial charge is 0.394 e. The Balaban J connectivity index is 0.00000180. The molecule has 0 bridgehead atoms. The van der Waals surface area contributed by atoms with E-state index in [1.165, 1.54) is 12.4 Å². The summed E-state index contributed by atoms with van der Waals surface area (Å²) in [5, 5.41) is 18.5. The quantitative estimate of drug-likeness (QED) is 0.333. The van der Waals surface area contributed by atoms with Gasteiger partial charge < -0.3 is 20.7 Å². The summed E-state index contributed by atoms with van der Waals surface area (Å²) in [6.07, 6.45) is 0.387. The number of ether oxygens (including phenoxy) is 1. The van der Waals surface area contributed by atoms with Gasteiger partial charge >= 0.3 is 0 Å². The van der Waals surface area contributed by atoms with Gasteiger partial charge in [-0.15, -0.1) is 0 Å². The topological polar surface area (TPSA) is 128 Å². The first-order valence-electron chi connectivity index (χ1n) is 5.36. The van der Waals surface area contributed by atoms with Crippen LogP contribution in [0.15, 0.2) is 17.2 Å². The average Bonchev–Trinajstić information content (AvgIpc) is 2.70. The van der Waals surface area contributed by atoms with Crippen LogP contribution in [-0.4, -0.2) is 44.5 Å². The van der Waals surface area contributed by atoms with E-state index in [1.807, 2.05) is 0 Å². The predicted octanol–water partition coefficient (Wildman–Crippen LogP) is -2.02. The fourth-order valence-corrected chi connectivity index (χ4v) is 1.87. The minimum Gasteiger partial charge on any atom is -0.394 e. The van der Waals surface area contributed by atoms with Crippen LogP contribution in [0.3, 0.4) is 0 Å². The third-order valence-electron chi connectivity index (χ3n) is 2.80. The predicted molar refractivity (Wildman–Crippen MR) is 58.6 cm³/mol. The van der Waals surface area contributed by atoms with Crippen molar-refractivity contribution < 1.29 is 108 Å². The van der Waals surface area contributed by atoms with Crippen molar-refractivity contribution in [1.29, 1.82) is 0 Å². The summed E-state index contributed by atoms with van der Waals surface area (Å²) < 4.78 is 6.44. The molecule has 0 saturated carbocycles. The molecule has 0 aromatic carbocycles. The molecular formula is C10H13Ac2N3O5. The number of carbonyl (C=O) groups excluding carboxylic acids is 1. The summed E-state index contributed by atoms with van der Waals surface area (Å²) in [6, 6.07) is 0. The maximum atomic E-state index is 11.9. The fourth-order valence-electron chi connectivity index (χ4n) is 1.87. The van der Waals surface area contributed by atoms with Crippen molar-refractivity contribution in [2.45, 2.75) is 24.9 Å². The third kappa shape index (κ3) is 4.55. The number of hydrogen-bond acceptors (Lipinski definition) is 6. The molecule has 2 heterocycles. The Bertz CT molecular complexity index is 524. The SMILES string of the molecule is NC(=O)c1nccn(C2C[C@@H](O)[C@@H](CO)O2)c1=O.[Ac].[Ac]. The molecule has 0 aliphatic carbocycles. The number of aliphatic hydroxyl groups excluding tert-OH is 2. The summed E-state index contributed by atoms with van der Waals surface area (Å²) in [4.78, 5) is 26.5. The van der Waals surface area contributed by atoms with Crippen molar-refractivity contribution in [3.8, 4) is 0 Å². The minimum atomic E-state index is -0.924. The molecule has 1 saturated heterocycles. The molecular weight excluding hydrogens is 696 g/mol. The molecule has 0 spiro atoms. The van der Waals surface area contributed by atoms with E-state index in [1.54, 1.807) is 0 Å². The van der Waals surface area contributed by atoms with Crippen LogP contribution >= 0.6 is 0 Å². The van der Waals surface area contributed by atoms with Crippen molar-refractivity contribution >= 4 is 5.91 Å². The van der Waals surface area contributed by atoms with Gasteiger partial charge in [0.05, 0.1) is 12.7 Å². The normalized spacial score (nSPS) is 24.6. The Labute approximate surface area is 186 Å². The number of primary amides is 1. The van der Waals surface area contributed by atoms with Gasteiger partial charge in [0.15, 0.2) is 5.69 Å². The summed E-state index contributed by atoms with van der Waals surface area (Å²) in [5.74, 6) is -0.924. The van der Waals surface area contributed by atoms with Crippen LogP contribution in [0.2, 0.25) is 0 Å². The van der Waals surface area contributed by atoms with Crippen LogP contribution in [0.1, 0.15) is 23.1 Å². The summed E-state index contributed by atoms with van der Waals surface area (Å²) in [5.41, 5.74) is 3.95. The van der Waals surface area contributed by atoms with Crippen molar-refractivity contribution in [3.05, 3.63) is 28.4 Å². The van der Waals surface area contributed by atoms with E-state index in [-0.39, 0.29) is 107 Å². The Morgan fingerprint density at radius 1 is 1.55 bits per heavy atom. The molecule has 1 amide bonds. The number of nitrogens with two attached hydrogens (primary N) is 1. The molecule has 1 fully saturated rings. The molecule has 1 aliphatic heterocycles. The first-order valence-corrected chi connectivity index (χ1v) is 5.36. The maximum absolute atomic E-state index is 11.9. The molecule has 1 aromatic rings. The smallest absolute Gasteiger partial charge is 0.284 e. The number of amides is 1. The van der Waals surface area contributed by atoms with Crippen molar-refractivity contribution in [3.63, 3.8) is 0 Å². The van der Waals surface area contributed by atoms with Gasteiger partial charge in [-0.05, 0) is 0 Å². The third-order valence-corrected chi connectivity index (χ3v) is 2.80. The van der Waals surface area contributed by atoms with Gasteiger partial charge in [-0.1, -0.05) is 0 Å². The fraction of sp³-hybridized carbons (Fsp3) is 0.500. The summed E-state index contributed by atoms with van der Waals surface area (Å²) >= 11 is 0. The Morgan fingerprint density at radius 3 is 2.70 bits per heavy atom. The van der Waals surface area contributed by atoms with Gasteiger partial charge in [0.1, 0.15) is 12.3 Å². The van der Waals surface area contributed by atoms with Gasteiger partial charge in [0, 0.05) is 107 Å². The van der Waals surface area contributed by atoms with Crippen molar-refractivity contribution in [1.82, 2.24) is 9.55 Å². The minimum absolute atomic E-state index is 0. The monoisotopic (exact) mass is 709 g/mol. The van der Waals surface area contributed by atoms with E-state index in [9.17, 15) is 14.7 Å². The van der Waals surface area contributed by atoms with E-state index in [0.29, 0.717) is 0 Å². The van der Waals surface area contributed by atoms with Gasteiger partial charge in [-0.25, -0.2) is 4.98 Å². The van der Waals surface area contributed by atoms with Crippen LogP contribution < -0.4 is 11.3 Å². The van der Waals surface area contributed by atoms with E-state index in [2.05, 4.69) is 4.98 Å². The molecule has 3 atom stereocenters. The summed E-state index contributed by atoms with van der Waals surface area (Å²) in [6.45, 7) is -0.347. The second kappa shape index (κ2) is 9.30. The molecule has 4 N–H and O–H groups in total. The van der Waals surface area contributed by atoms with Gasteiger partial charge in [-0.2, -0.15) is 0 Å². The molecule has 2 radical (unpaired) electrons. The molecule has 1 aromatic heterocycles. The van der Waals surface area contributed by atoms with Crippen LogP contribution in [-0.2, 0) is 4.74 Å². The molecule has 8 nitrogen and oxygen atoms in total. The maximum Gasteiger partial charge on any atom is 0.284 e. The molecule has 20 heavy (non-hydrogen) atoms.